The zero-order valence-electron chi connectivity index (χ0n) is 14.2. The third-order valence-corrected chi connectivity index (χ3v) is 3.87. The number of carbonyl (C=O) groups is 1. The van der Waals surface area contributed by atoms with Crippen molar-refractivity contribution in [1.82, 2.24) is 9.55 Å². The van der Waals surface area contributed by atoms with Gasteiger partial charge in [0, 0.05) is 12.1 Å². The summed E-state index contributed by atoms with van der Waals surface area (Å²) in [5, 5.41) is 0. The monoisotopic (exact) mass is 332 g/mol. The summed E-state index contributed by atoms with van der Waals surface area (Å²) in [6.45, 7) is 6.02. The molecule has 0 unspecified atom stereocenters. The van der Waals surface area contributed by atoms with Crippen LogP contribution in [0.5, 0.6) is 0 Å². The normalized spacial score (nSPS) is 10.4. The lowest BCUT2D eigenvalue weighted by atomic mass is 10.1. The second kappa shape index (κ2) is 7.62. The van der Waals surface area contributed by atoms with Crippen LogP contribution in [-0.4, -0.2) is 15.5 Å². The highest BCUT2D eigenvalue weighted by molar-refractivity contribution is 5.86. The molecule has 0 amide bonds. The van der Waals surface area contributed by atoms with E-state index in [0.717, 1.165) is 16.8 Å². The van der Waals surface area contributed by atoms with Gasteiger partial charge in [0.25, 0.3) is 0 Å². The Hall–Kier alpha value is -3.14. The van der Waals surface area contributed by atoms with Gasteiger partial charge in [-0.15, -0.1) is 0 Å². The number of esters is 1. The Kier molecular flexibility index (Phi) is 5.09. The number of carbonyl (C=O) groups excluding carboxylic acids is 1. The van der Waals surface area contributed by atoms with Gasteiger partial charge in [0.05, 0.1) is 11.9 Å². The van der Waals surface area contributed by atoms with E-state index in [9.17, 15) is 4.79 Å². The van der Waals surface area contributed by atoms with Gasteiger partial charge in [0.1, 0.15) is 12.4 Å². The van der Waals surface area contributed by atoms with Crippen molar-refractivity contribution in [2.45, 2.75) is 20.1 Å². The second-order valence-electron chi connectivity index (χ2n) is 5.85. The number of aromatic nitrogens is 2. The largest absolute Gasteiger partial charge is 0.454 e. The van der Waals surface area contributed by atoms with E-state index in [4.69, 9.17) is 4.74 Å². The minimum Gasteiger partial charge on any atom is -0.454 e. The molecule has 0 fully saturated rings. The van der Waals surface area contributed by atoms with Crippen molar-refractivity contribution in [3.05, 3.63) is 90.4 Å². The maximum Gasteiger partial charge on any atom is 0.333 e. The highest BCUT2D eigenvalue weighted by atomic mass is 16.5. The van der Waals surface area contributed by atoms with Crippen molar-refractivity contribution >= 4 is 5.97 Å². The average Bonchev–Trinajstić information content (AvgIpc) is 3.03. The van der Waals surface area contributed by atoms with Crippen molar-refractivity contribution in [3.8, 4) is 11.3 Å². The van der Waals surface area contributed by atoms with Crippen molar-refractivity contribution in [3.63, 3.8) is 0 Å². The fourth-order valence-electron chi connectivity index (χ4n) is 2.56. The summed E-state index contributed by atoms with van der Waals surface area (Å²) < 4.78 is 7.38. The Morgan fingerprint density at radius 3 is 2.36 bits per heavy atom. The lowest BCUT2D eigenvalue weighted by Gasteiger charge is -2.13. The van der Waals surface area contributed by atoms with E-state index in [1.165, 1.54) is 0 Å². The van der Waals surface area contributed by atoms with Crippen LogP contribution in [0.25, 0.3) is 11.3 Å². The Morgan fingerprint density at radius 2 is 1.72 bits per heavy atom. The van der Waals surface area contributed by atoms with Crippen molar-refractivity contribution < 1.29 is 9.53 Å². The molecule has 0 atom stereocenters. The summed E-state index contributed by atoms with van der Waals surface area (Å²) in [6, 6.07) is 20.2. The van der Waals surface area contributed by atoms with Gasteiger partial charge in [0.2, 0.25) is 0 Å². The summed E-state index contributed by atoms with van der Waals surface area (Å²) in [5.74, 6) is 0.299. The SMILES string of the molecule is C=C(C)C(=O)OCc1ncc(-c2ccccc2)n1Cc1ccccc1. The first-order chi connectivity index (χ1) is 12.1. The van der Waals surface area contributed by atoms with Crippen LogP contribution < -0.4 is 0 Å². The van der Waals surface area contributed by atoms with Crippen LogP contribution >= 0.6 is 0 Å². The highest BCUT2D eigenvalue weighted by Crippen LogP contribution is 2.22. The molecule has 0 spiro atoms. The summed E-state index contributed by atoms with van der Waals surface area (Å²) >= 11 is 0. The van der Waals surface area contributed by atoms with Gasteiger partial charge in [0.15, 0.2) is 0 Å². The molecule has 0 bridgehead atoms. The third-order valence-electron chi connectivity index (χ3n) is 3.87. The molecule has 0 radical (unpaired) electrons. The summed E-state index contributed by atoms with van der Waals surface area (Å²) in [6.07, 6.45) is 1.82. The molecule has 4 heteroatoms. The molecule has 0 aliphatic rings. The van der Waals surface area contributed by atoms with Crippen LogP contribution in [-0.2, 0) is 22.7 Å². The van der Waals surface area contributed by atoms with Crippen molar-refractivity contribution in [2.24, 2.45) is 0 Å². The molecule has 0 N–H and O–H groups in total. The first-order valence-corrected chi connectivity index (χ1v) is 8.11. The molecule has 1 heterocycles. The van der Waals surface area contributed by atoms with Gasteiger partial charge in [-0.2, -0.15) is 0 Å². The summed E-state index contributed by atoms with van der Waals surface area (Å²) in [7, 11) is 0. The molecule has 2 aromatic carbocycles. The van der Waals surface area contributed by atoms with Crippen LogP contribution in [0.15, 0.2) is 79.0 Å². The molecule has 0 saturated heterocycles. The molecule has 126 valence electrons. The molecular formula is C21H20N2O2. The Labute approximate surface area is 147 Å². The number of imidazole rings is 1. The van der Waals surface area contributed by atoms with Crippen LogP contribution in [0.2, 0.25) is 0 Å². The molecule has 1 aromatic heterocycles. The van der Waals surface area contributed by atoms with E-state index in [0.29, 0.717) is 17.9 Å². The predicted molar refractivity (Wildman–Crippen MR) is 97.8 cm³/mol. The van der Waals surface area contributed by atoms with Gasteiger partial charge in [-0.3, -0.25) is 0 Å². The number of benzene rings is 2. The van der Waals surface area contributed by atoms with Gasteiger partial charge < -0.3 is 9.30 Å². The topological polar surface area (TPSA) is 44.1 Å². The number of ether oxygens (including phenoxy) is 1. The molecule has 3 aromatic rings. The molecule has 3 rings (SSSR count). The first kappa shape index (κ1) is 16.7. The zero-order valence-corrected chi connectivity index (χ0v) is 14.2. The third kappa shape index (κ3) is 4.04. The standard InChI is InChI=1S/C21H20N2O2/c1-16(2)21(24)25-15-20-22-13-19(18-11-7-4-8-12-18)23(20)14-17-9-5-3-6-10-17/h3-13H,1,14-15H2,2H3. The smallest absolute Gasteiger partial charge is 0.333 e. The first-order valence-electron chi connectivity index (χ1n) is 8.11. The van der Waals surface area contributed by atoms with E-state index in [-0.39, 0.29) is 6.61 Å². The summed E-state index contributed by atoms with van der Waals surface area (Å²) in [5.41, 5.74) is 3.60. The number of nitrogens with zero attached hydrogens (tertiary/aromatic N) is 2. The van der Waals surface area contributed by atoms with Crippen LogP contribution in [0.4, 0.5) is 0 Å². The second-order valence-corrected chi connectivity index (χ2v) is 5.85. The minimum atomic E-state index is -0.407. The fraction of sp³-hybridized carbons (Fsp3) is 0.143. The molecule has 0 aliphatic heterocycles. The zero-order chi connectivity index (χ0) is 17.6. The number of hydrogen-bond acceptors (Lipinski definition) is 3. The molecular weight excluding hydrogens is 312 g/mol. The predicted octanol–water partition coefficient (Wildman–Crippen LogP) is 4.22. The Bertz CT molecular complexity index is 867. The lowest BCUT2D eigenvalue weighted by molar-refractivity contribution is -0.140. The van der Waals surface area contributed by atoms with Gasteiger partial charge in [-0.05, 0) is 18.1 Å². The van der Waals surface area contributed by atoms with E-state index in [2.05, 4.69) is 28.3 Å². The minimum absolute atomic E-state index is 0.116. The van der Waals surface area contributed by atoms with Crippen LogP contribution in [0.3, 0.4) is 0 Å². The van der Waals surface area contributed by atoms with E-state index >= 15 is 0 Å². The summed E-state index contributed by atoms with van der Waals surface area (Å²) in [4.78, 5) is 16.2. The van der Waals surface area contributed by atoms with Gasteiger partial charge >= 0.3 is 5.97 Å². The molecule has 4 nitrogen and oxygen atoms in total. The maximum absolute atomic E-state index is 11.7. The van der Waals surface area contributed by atoms with E-state index in [1.54, 1.807) is 6.92 Å². The molecule has 25 heavy (non-hydrogen) atoms. The number of hydrogen-bond donors (Lipinski definition) is 0. The molecule has 0 aliphatic carbocycles. The highest BCUT2D eigenvalue weighted by Gasteiger charge is 2.14. The van der Waals surface area contributed by atoms with E-state index < -0.39 is 5.97 Å². The van der Waals surface area contributed by atoms with Gasteiger partial charge in [-0.25, -0.2) is 9.78 Å². The van der Waals surface area contributed by atoms with Crippen molar-refractivity contribution in [2.75, 3.05) is 0 Å². The Morgan fingerprint density at radius 1 is 1.08 bits per heavy atom. The quantitative estimate of drug-likeness (QED) is 0.501. The van der Waals surface area contributed by atoms with Crippen LogP contribution in [0.1, 0.15) is 18.3 Å². The maximum atomic E-state index is 11.7. The van der Waals surface area contributed by atoms with E-state index in [1.807, 2.05) is 54.7 Å². The lowest BCUT2D eigenvalue weighted by Crippen LogP contribution is -2.11. The Balaban J connectivity index is 1.93. The molecule has 0 saturated carbocycles. The van der Waals surface area contributed by atoms with Crippen molar-refractivity contribution in [1.29, 1.82) is 0 Å². The van der Waals surface area contributed by atoms with Crippen LogP contribution in [0, 0.1) is 0 Å². The van der Waals surface area contributed by atoms with Gasteiger partial charge in [-0.1, -0.05) is 67.2 Å². The fourth-order valence-corrected chi connectivity index (χ4v) is 2.56. The number of rotatable bonds is 6. The average molecular weight is 332 g/mol.